The number of phosphoric ester groups is 1. The van der Waals surface area contributed by atoms with E-state index in [1.165, 1.54) is 0 Å². The molecular weight excluding hydrogens is 203 g/mol. The van der Waals surface area contributed by atoms with Crippen molar-refractivity contribution in [2.24, 2.45) is 0 Å². The summed E-state index contributed by atoms with van der Waals surface area (Å²) >= 11 is 0. The van der Waals surface area contributed by atoms with E-state index in [4.69, 9.17) is 5.11 Å². The van der Waals surface area contributed by atoms with Crippen LogP contribution >= 0.6 is 7.82 Å². The van der Waals surface area contributed by atoms with Crippen LogP contribution in [-0.4, -0.2) is 54.9 Å². The van der Waals surface area contributed by atoms with Gasteiger partial charge in [0, 0.05) is 0 Å². The van der Waals surface area contributed by atoms with E-state index in [1.807, 2.05) is 0 Å². The van der Waals surface area contributed by atoms with E-state index in [2.05, 4.69) is 4.52 Å². The first-order chi connectivity index (χ1) is 4.33. The van der Waals surface area contributed by atoms with Crippen molar-refractivity contribution in [3.05, 3.63) is 0 Å². The summed E-state index contributed by atoms with van der Waals surface area (Å²) in [6.07, 6.45) is -1.60. The fourth-order valence-corrected chi connectivity index (χ4v) is 0.559. The van der Waals surface area contributed by atoms with Crippen LogP contribution in [0.25, 0.3) is 0 Å². The fourth-order valence-electron chi connectivity index (χ4n) is 0.186. The summed E-state index contributed by atoms with van der Waals surface area (Å²) < 4.78 is 12.9. The average molecular weight is 208 g/mol. The Morgan fingerprint density at radius 1 is 1.64 bits per heavy atom. The second kappa shape index (κ2) is 5.48. The summed E-state index contributed by atoms with van der Waals surface area (Å²) in [5.41, 5.74) is 0. The van der Waals surface area contributed by atoms with E-state index in [1.54, 1.807) is 0 Å². The normalized spacial score (nSPS) is 13.1. The maximum atomic E-state index is 10.1. The molecule has 6 nitrogen and oxygen atoms in total. The zero-order chi connectivity index (χ0) is 8.36. The van der Waals surface area contributed by atoms with E-state index in [0.717, 1.165) is 6.92 Å². The van der Waals surface area contributed by atoms with Gasteiger partial charge in [-0.25, -0.2) is 4.79 Å². The molecule has 0 aliphatic carbocycles. The van der Waals surface area contributed by atoms with E-state index in [-0.39, 0.29) is 37.7 Å². The largest absolute Gasteiger partial charge is 2.00 e. The quantitative estimate of drug-likeness (QED) is 0.392. The number of carbonyl (C=O) groups excluding carboxylic acids is 1. The molecule has 0 aromatic rings. The topological polar surface area (TPSA) is 110 Å². The van der Waals surface area contributed by atoms with Crippen LogP contribution in [0.5, 0.6) is 0 Å². The zero-order valence-corrected chi connectivity index (χ0v) is 8.82. The minimum Gasteiger partial charge on any atom is -0.780 e. The number of carbonyl (C=O) groups is 1. The first kappa shape index (κ1) is 14.4. The van der Waals surface area contributed by atoms with Crippen LogP contribution in [0.15, 0.2) is 0 Å². The minimum atomic E-state index is -5.29. The predicted molar refractivity (Wildman–Crippen MR) is 31.1 cm³/mol. The molecule has 8 heteroatoms. The average Bonchev–Trinajstić information content (AvgIpc) is 1.60. The summed E-state index contributed by atoms with van der Waals surface area (Å²) in [4.78, 5) is 29.4. The first-order valence-electron chi connectivity index (χ1n) is 2.26. The van der Waals surface area contributed by atoms with Gasteiger partial charge < -0.3 is 24.0 Å². The number of phosphoric acid groups is 1. The van der Waals surface area contributed by atoms with Crippen LogP contribution in [0.4, 0.5) is 0 Å². The smallest absolute Gasteiger partial charge is 0.780 e. The maximum absolute atomic E-state index is 10.1. The van der Waals surface area contributed by atoms with Crippen molar-refractivity contribution < 1.29 is 28.8 Å². The van der Waals surface area contributed by atoms with Crippen molar-refractivity contribution in [1.29, 1.82) is 0 Å². The Morgan fingerprint density at radius 3 is 2.09 bits per heavy atom. The van der Waals surface area contributed by atoms with Crippen molar-refractivity contribution in [1.82, 2.24) is 0 Å². The van der Waals surface area contributed by atoms with Gasteiger partial charge in [0.05, 0.1) is 0 Å². The van der Waals surface area contributed by atoms with Crippen LogP contribution < -0.4 is 9.79 Å². The summed E-state index contributed by atoms with van der Waals surface area (Å²) in [7, 11) is -5.29. The van der Waals surface area contributed by atoms with Gasteiger partial charge in [-0.3, -0.25) is 0 Å². The molecule has 60 valence electrons. The SMILES string of the molecule is CC(O)C(=O)OP(=O)([O-])[O-].[Ca+2]. The molecule has 0 aromatic carbocycles. The number of aliphatic hydroxyl groups is 1. The third-order valence-corrected chi connectivity index (χ3v) is 0.946. The molecule has 0 heterocycles. The van der Waals surface area contributed by atoms with Gasteiger partial charge in [-0.2, -0.15) is 0 Å². The second-order valence-corrected chi connectivity index (χ2v) is 2.61. The van der Waals surface area contributed by atoms with Gasteiger partial charge in [0.15, 0.2) is 0 Å². The van der Waals surface area contributed by atoms with Crippen molar-refractivity contribution in [3.63, 3.8) is 0 Å². The van der Waals surface area contributed by atoms with Crippen LogP contribution in [-0.2, 0) is 13.9 Å². The molecule has 0 saturated heterocycles. The van der Waals surface area contributed by atoms with Crippen LogP contribution in [0.1, 0.15) is 6.92 Å². The van der Waals surface area contributed by atoms with Crippen molar-refractivity contribution in [2.45, 2.75) is 13.0 Å². The molecule has 0 amide bonds. The molecule has 1 N–H and O–H groups in total. The summed E-state index contributed by atoms with van der Waals surface area (Å²) in [6, 6.07) is 0. The van der Waals surface area contributed by atoms with Gasteiger partial charge in [-0.15, -0.1) is 0 Å². The molecule has 0 bridgehead atoms. The number of aliphatic hydroxyl groups excluding tert-OH is 1. The second-order valence-electron chi connectivity index (χ2n) is 1.53. The first-order valence-corrected chi connectivity index (χ1v) is 3.72. The van der Waals surface area contributed by atoms with E-state index >= 15 is 0 Å². The monoisotopic (exact) mass is 208 g/mol. The van der Waals surface area contributed by atoms with E-state index in [9.17, 15) is 19.1 Å². The number of rotatable bonds is 2. The van der Waals surface area contributed by atoms with Crippen molar-refractivity contribution in [3.8, 4) is 0 Å². The molecule has 0 fully saturated rings. The zero-order valence-electron chi connectivity index (χ0n) is 5.72. The standard InChI is InChI=1S/C3H7O6P.Ca/c1-2(4)3(5)9-10(6,7)8;/h2,4H,1H3,(H2,6,7,8);/q;+2/p-2. The summed E-state index contributed by atoms with van der Waals surface area (Å²) in [5, 5.41) is 8.31. The van der Waals surface area contributed by atoms with E-state index < -0.39 is 19.9 Å². The maximum Gasteiger partial charge on any atom is 2.00 e. The number of hydrogen-bond donors (Lipinski definition) is 1. The molecule has 0 aliphatic rings. The van der Waals surface area contributed by atoms with Gasteiger partial charge in [-0.05, 0) is 6.92 Å². The molecule has 1 atom stereocenters. The molecule has 11 heavy (non-hydrogen) atoms. The number of hydrogen-bond acceptors (Lipinski definition) is 6. The third-order valence-electron chi connectivity index (χ3n) is 0.543. The van der Waals surface area contributed by atoms with Crippen molar-refractivity contribution >= 4 is 51.5 Å². The van der Waals surface area contributed by atoms with Gasteiger partial charge in [0.1, 0.15) is 13.9 Å². The van der Waals surface area contributed by atoms with Crippen LogP contribution in [0.3, 0.4) is 0 Å². The Bertz CT molecular complexity index is 173. The van der Waals surface area contributed by atoms with Gasteiger partial charge in [-0.1, -0.05) is 0 Å². The van der Waals surface area contributed by atoms with Gasteiger partial charge in [0.25, 0.3) is 0 Å². The van der Waals surface area contributed by atoms with E-state index in [0.29, 0.717) is 0 Å². The van der Waals surface area contributed by atoms with Crippen LogP contribution in [0.2, 0.25) is 0 Å². The Morgan fingerprint density at radius 2 is 2.00 bits per heavy atom. The molecule has 0 aromatic heterocycles. The van der Waals surface area contributed by atoms with Gasteiger partial charge in [0.2, 0.25) is 0 Å². The Hall–Kier alpha value is 0.840. The summed E-state index contributed by atoms with van der Waals surface area (Å²) in [6.45, 7) is 0.984. The molecule has 0 rings (SSSR count). The van der Waals surface area contributed by atoms with Crippen LogP contribution in [0, 0.1) is 0 Å². The Kier molecular flexibility index (Phi) is 7.16. The predicted octanol–water partition coefficient (Wildman–Crippen LogP) is -2.64. The minimum absolute atomic E-state index is 0. The molecular formula is C3H5CaO6P. The third kappa shape index (κ3) is 8.75. The Labute approximate surface area is 92.8 Å². The van der Waals surface area contributed by atoms with Crippen molar-refractivity contribution in [2.75, 3.05) is 0 Å². The fraction of sp³-hybridized carbons (Fsp3) is 0.667. The van der Waals surface area contributed by atoms with Gasteiger partial charge >= 0.3 is 43.7 Å². The molecule has 0 saturated carbocycles. The Balaban J connectivity index is 0. The summed E-state index contributed by atoms with van der Waals surface area (Å²) in [5.74, 6) is -1.46. The molecule has 0 radical (unpaired) electrons. The molecule has 0 spiro atoms. The molecule has 0 aliphatic heterocycles. The molecule has 1 unspecified atom stereocenters.